The Hall–Kier alpha value is -1.74. The van der Waals surface area contributed by atoms with Gasteiger partial charge in [0.15, 0.2) is 0 Å². The Kier molecular flexibility index (Phi) is 4.97. The minimum Gasteiger partial charge on any atom is -0.368 e. The van der Waals surface area contributed by atoms with E-state index < -0.39 is 11.7 Å². The number of hydrogen-bond donors (Lipinski definition) is 1. The van der Waals surface area contributed by atoms with E-state index in [1.54, 1.807) is 30.1 Å². The second-order valence-corrected chi connectivity index (χ2v) is 7.37. The van der Waals surface area contributed by atoms with Gasteiger partial charge >= 0.3 is 6.18 Å². The molecule has 4 nitrogen and oxygen atoms in total. The fraction of sp³-hybridized carbons (Fsp3) is 0.250. The first-order valence-electron chi connectivity index (χ1n) is 7.27. The lowest BCUT2D eigenvalue weighted by Crippen LogP contribution is -2.09. The lowest BCUT2D eigenvalue weighted by atomic mass is 10.2. The molecule has 0 fully saturated rings. The number of halogens is 4. The van der Waals surface area contributed by atoms with Gasteiger partial charge in [-0.1, -0.05) is 15.9 Å². The first-order valence-corrected chi connectivity index (χ1v) is 9.05. The SMILES string of the molecule is CC1=C(c2ccnc(Nc3cc(Br)cc(C(F)(F)F)c3)n2)SCN1C. The topological polar surface area (TPSA) is 41.1 Å². The zero-order valence-electron chi connectivity index (χ0n) is 13.4. The summed E-state index contributed by atoms with van der Waals surface area (Å²) >= 11 is 4.77. The summed E-state index contributed by atoms with van der Waals surface area (Å²) in [4.78, 5) is 11.7. The van der Waals surface area contributed by atoms with Crippen LogP contribution in [0.5, 0.6) is 0 Å². The Labute approximate surface area is 155 Å². The number of hydrogen-bond acceptors (Lipinski definition) is 5. The maximum absolute atomic E-state index is 12.9. The molecular formula is C16H14BrF3N4S. The lowest BCUT2D eigenvalue weighted by Gasteiger charge is -2.12. The molecule has 0 bridgehead atoms. The molecule has 3 rings (SSSR count). The molecule has 0 amide bonds. The van der Waals surface area contributed by atoms with E-state index >= 15 is 0 Å². The highest BCUT2D eigenvalue weighted by Crippen LogP contribution is 2.38. The van der Waals surface area contributed by atoms with E-state index in [1.165, 1.54) is 0 Å². The molecule has 1 aliphatic rings. The standard InChI is InChI=1S/C16H14BrF3N4S/c1-9-14(25-8-24(9)2)13-3-4-21-15(23-13)22-12-6-10(16(18,19)20)5-11(17)7-12/h3-7H,8H2,1-2H3,(H,21,22,23). The van der Waals surface area contributed by atoms with Crippen LogP contribution in [0.4, 0.5) is 24.8 Å². The average Bonchev–Trinajstić information content (AvgIpc) is 2.86. The van der Waals surface area contributed by atoms with Crippen LogP contribution in [0, 0.1) is 0 Å². The van der Waals surface area contributed by atoms with Crippen molar-refractivity contribution in [1.29, 1.82) is 0 Å². The minimum absolute atomic E-state index is 0.249. The highest BCUT2D eigenvalue weighted by atomic mass is 79.9. The molecule has 0 aliphatic carbocycles. The monoisotopic (exact) mass is 430 g/mol. The number of anilines is 2. The zero-order valence-corrected chi connectivity index (χ0v) is 15.8. The summed E-state index contributed by atoms with van der Waals surface area (Å²) in [6.07, 6.45) is -2.83. The molecule has 132 valence electrons. The van der Waals surface area contributed by atoms with Crippen LogP contribution in [0.2, 0.25) is 0 Å². The number of nitrogens with one attached hydrogen (secondary N) is 1. The van der Waals surface area contributed by atoms with Crippen LogP contribution in [0.15, 0.2) is 40.6 Å². The molecule has 1 aromatic carbocycles. The van der Waals surface area contributed by atoms with Gasteiger partial charge in [0.05, 0.1) is 22.0 Å². The summed E-state index contributed by atoms with van der Waals surface area (Å²) in [5, 5.41) is 2.85. The minimum atomic E-state index is -4.42. The van der Waals surface area contributed by atoms with E-state index in [0.29, 0.717) is 4.47 Å². The van der Waals surface area contributed by atoms with E-state index in [2.05, 4.69) is 36.1 Å². The summed E-state index contributed by atoms with van der Waals surface area (Å²) < 4.78 is 39.2. The van der Waals surface area contributed by atoms with E-state index in [-0.39, 0.29) is 11.6 Å². The molecule has 0 radical (unpaired) electrons. The van der Waals surface area contributed by atoms with Gasteiger partial charge in [-0.3, -0.25) is 0 Å². The molecule has 0 unspecified atom stereocenters. The van der Waals surface area contributed by atoms with Gasteiger partial charge in [-0.25, -0.2) is 9.97 Å². The predicted molar refractivity (Wildman–Crippen MR) is 97.3 cm³/mol. The molecule has 2 aromatic rings. The number of rotatable bonds is 3. The van der Waals surface area contributed by atoms with E-state index in [9.17, 15) is 13.2 Å². The van der Waals surface area contributed by atoms with Gasteiger partial charge in [0.1, 0.15) is 0 Å². The van der Waals surface area contributed by atoms with Crippen molar-refractivity contribution in [2.24, 2.45) is 0 Å². The Bertz CT molecular complexity index is 838. The molecule has 9 heteroatoms. The predicted octanol–water partition coefficient (Wildman–Crippen LogP) is 5.33. The Morgan fingerprint density at radius 3 is 2.68 bits per heavy atom. The van der Waals surface area contributed by atoms with E-state index in [0.717, 1.165) is 34.3 Å². The Morgan fingerprint density at radius 1 is 1.28 bits per heavy atom. The molecule has 1 N–H and O–H groups in total. The van der Waals surface area contributed by atoms with Gasteiger partial charge in [-0.15, -0.1) is 11.8 Å². The van der Waals surface area contributed by atoms with Crippen molar-refractivity contribution in [2.45, 2.75) is 13.1 Å². The highest BCUT2D eigenvalue weighted by molar-refractivity contribution is 9.10. The summed E-state index contributed by atoms with van der Waals surface area (Å²) in [5.41, 5.74) is 1.37. The van der Waals surface area contributed by atoms with Crippen molar-refractivity contribution < 1.29 is 13.2 Å². The van der Waals surface area contributed by atoms with Gasteiger partial charge in [0.25, 0.3) is 0 Å². The molecule has 0 atom stereocenters. The first kappa shape index (κ1) is 18.1. The van der Waals surface area contributed by atoms with Crippen LogP contribution in [0.3, 0.4) is 0 Å². The van der Waals surface area contributed by atoms with Crippen LogP contribution in [0.1, 0.15) is 18.2 Å². The molecule has 0 saturated heterocycles. The normalized spacial score (nSPS) is 15.0. The van der Waals surface area contributed by atoms with Crippen LogP contribution in [-0.2, 0) is 6.18 Å². The van der Waals surface area contributed by atoms with Crippen molar-refractivity contribution in [2.75, 3.05) is 18.2 Å². The van der Waals surface area contributed by atoms with Crippen LogP contribution in [-0.4, -0.2) is 27.8 Å². The second kappa shape index (κ2) is 6.87. The van der Waals surface area contributed by atoms with Crippen molar-refractivity contribution in [1.82, 2.24) is 14.9 Å². The molecule has 0 spiro atoms. The second-order valence-electron chi connectivity index (χ2n) is 5.50. The third-order valence-electron chi connectivity index (χ3n) is 3.67. The van der Waals surface area contributed by atoms with Gasteiger partial charge < -0.3 is 10.2 Å². The number of alkyl halides is 3. The Balaban J connectivity index is 1.90. The van der Waals surface area contributed by atoms with Gasteiger partial charge in [-0.05, 0) is 31.2 Å². The van der Waals surface area contributed by atoms with Crippen molar-refractivity contribution in [3.05, 3.63) is 51.9 Å². The molecule has 1 aromatic heterocycles. The largest absolute Gasteiger partial charge is 0.416 e. The third kappa shape index (κ3) is 4.09. The van der Waals surface area contributed by atoms with Crippen LogP contribution >= 0.6 is 27.7 Å². The zero-order chi connectivity index (χ0) is 18.2. The summed E-state index contributed by atoms with van der Waals surface area (Å²) in [6, 6.07) is 5.40. The number of thioether (sulfide) groups is 1. The quantitative estimate of drug-likeness (QED) is 0.712. The number of benzene rings is 1. The fourth-order valence-electron chi connectivity index (χ4n) is 2.30. The lowest BCUT2D eigenvalue weighted by molar-refractivity contribution is -0.137. The molecule has 0 saturated carbocycles. The van der Waals surface area contributed by atoms with Crippen molar-refractivity contribution >= 4 is 44.2 Å². The summed E-state index contributed by atoms with van der Waals surface area (Å²) in [6.45, 7) is 2.01. The van der Waals surface area contributed by atoms with Crippen molar-refractivity contribution in [3.63, 3.8) is 0 Å². The van der Waals surface area contributed by atoms with Gasteiger partial charge in [-0.2, -0.15) is 13.2 Å². The highest BCUT2D eigenvalue weighted by Gasteiger charge is 2.31. The molecule has 1 aliphatic heterocycles. The van der Waals surface area contributed by atoms with Crippen LogP contribution < -0.4 is 5.32 Å². The number of allylic oxidation sites excluding steroid dienone is 1. The molecular weight excluding hydrogens is 417 g/mol. The summed E-state index contributed by atoms with van der Waals surface area (Å²) in [7, 11) is 2.00. The van der Waals surface area contributed by atoms with E-state index in [4.69, 9.17) is 0 Å². The smallest absolute Gasteiger partial charge is 0.368 e. The Morgan fingerprint density at radius 2 is 2.04 bits per heavy atom. The number of aromatic nitrogens is 2. The molecule has 25 heavy (non-hydrogen) atoms. The van der Waals surface area contributed by atoms with Crippen LogP contribution in [0.25, 0.3) is 4.91 Å². The van der Waals surface area contributed by atoms with Gasteiger partial charge in [0.2, 0.25) is 5.95 Å². The maximum Gasteiger partial charge on any atom is 0.416 e. The summed E-state index contributed by atoms with van der Waals surface area (Å²) in [5.74, 6) is 1.09. The van der Waals surface area contributed by atoms with Crippen molar-refractivity contribution in [3.8, 4) is 0 Å². The third-order valence-corrected chi connectivity index (χ3v) is 5.44. The average molecular weight is 431 g/mol. The number of nitrogens with zero attached hydrogens (tertiary/aromatic N) is 3. The maximum atomic E-state index is 12.9. The fourth-order valence-corrected chi connectivity index (χ4v) is 3.93. The first-order chi connectivity index (χ1) is 11.7. The van der Waals surface area contributed by atoms with Gasteiger partial charge in [0, 0.05) is 29.1 Å². The molecule has 2 heterocycles. The van der Waals surface area contributed by atoms with E-state index in [1.807, 2.05) is 14.0 Å².